The largest absolute Gasteiger partial charge is 0.463 e. The molecule has 7 heteroatoms. The van der Waals surface area contributed by atoms with Gasteiger partial charge in [0, 0.05) is 12.4 Å². The Morgan fingerprint density at radius 2 is 2.14 bits per heavy atom. The summed E-state index contributed by atoms with van der Waals surface area (Å²) in [5.74, 6) is 1.42. The number of rotatable bonds is 4. The van der Waals surface area contributed by atoms with E-state index in [1.807, 2.05) is 0 Å². The molecule has 3 rings (SSSR count). The average Bonchev–Trinajstić information content (AvgIpc) is 3.00. The molecule has 0 saturated carbocycles. The van der Waals surface area contributed by atoms with Gasteiger partial charge in [0.05, 0.1) is 6.61 Å². The van der Waals surface area contributed by atoms with Gasteiger partial charge in [0.15, 0.2) is 0 Å². The molecule has 2 aromatic heterocycles. The lowest BCUT2D eigenvalue weighted by Crippen LogP contribution is -2.22. The zero-order chi connectivity index (χ0) is 14.7. The molecule has 21 heavy (non-hydrogen) atoms. The molecule has 0 N–H and O–H groups in total. The Labute approximate surface area is 127 Å². The monoisotopic (exact) mass is 305 g/mol. The van der Waals surface area contributed by atoms with Gasteiger partial charge in [-0.05, 0) is 42.3 Å². The van der Waals surface area contributed by atoms with E-state index in [0.717, 1.165) is 12.8 Å². The van der Waals surface area contributed by atoms with Crippen molar-refractivity contribution in [2.24, 2.45) is 11.8 Å². The van der Waals surface area contributed by atoms with Crippen LogP contribution in [0.2, 0.25) is 5.28 Å². The summed E-state index contributed by atoms with van der Waals surface area (Å²) in [6.07, 6.45) is 9.91. The molecular formula is C14H16ClN5O. The van der Waals surface area contributed by atoms with Crippen molar-refractivity contribution >= 4 is 11.6 Å². The predicted octanol–water partition coefficient (Wildman–Crippen LogP) is 2.69. The third kappa shape index (κ3) is 3.39. The molecule has 2 heterocycles. The van der Waals surface area contributed by atoms with Crippen molar-refractivity contribution in [2.45, 2.75) is 19.8 Å². The summed E-state index contributed by atoms with van der Waals surface area (Å²) in [4.78, 5) is 12.3. The van der Waals surface area contributed by atoms with Crippen LogP contribution in [-0.2, 0) is 0 Å². The van der Waals surface area contributed by atoms with E-state index in [0.29, 0.717) is 24.4 Å². The van der Waals surface area contributed by atoms with Gasteiger partial charge in [-0.1, -0.05) is 19.1 Å². The van der Waals surface area contributed by atoms with Gasteiger partial charge in [-0.3, -0.25) is 0 Å². The number of halogens is 1. The van der Waals surface area contributed by atoms with Crippen LogP contribution in [0, 0.1) is 11.8 Å². The zero-order valence-corrected chi connectivity index (χ0v) is 12.4. The Bertz CT molecular complexity index is 628. The van der Waals surface area contributed by atoms with Crippen LogP contribution >= 0.6 is 11.6 Å². The summed E-state index contributed by atoms with van der Waals surface area (Å²) in [5, 5.41) is 4.17. The minimum absolute atomic E-state index is 0.0992. The third-order valence-corrected chi connectivity index (χ3v) is 3.80. The van der Waals surface area contributed by atoms with Crippen LogP contribution in [0.25, 0.3) is 5.95 Å². The van der Waals surface area contributed by atoms with Gasteiger partial charge in [-0.15, -0.1) is 0 Å². The van der Waals surface area contributed by atoms with Crippen molar-refractivity contribution in [2.75, 3.05) is 6.61 Å². The summed E-state index contributed by atoms with van der Waals surface area (Å²) in [5.41, 5.74) is 0. The summed E-state index contributed by atoms with van der Waals surface area (Å²) in [6, 6.07) is 2.02. The second kappa shape index (κ2) is 6.22. The molecule has 0 fully saturated rings. The Morgan fingerprint density at radius 1 is 1.29 bits per heavy atom. The van der Waals surface area contributed by atoms with E-state index < -0.39 is 0 Å². The molecule has 1 aliphatic carbocycles. The first-order chi connectivity index (χ1) is 10.2. The maximum absolute atomic E-state index is 5.92. The van der Waals surface area contributed by atoms with Crippen molar-refractivity contribution in [3.63, 3.8) is 0 Å². The van der Waals surface area contributed by atoms with E-state index in [1.54, 1.807) is 18.5 Å². The van der Waals surface area contributed by atoms with Crippen LogP contribution in [0.15, 0.2) is 30.6 Å². The van der Waals surface area contributed by atoms with Crippen LogP contribution in [0.1, 0.15) is 19.8 Å². The van der Waals surface area contributed by atoms with E-state index in [1.165, 1.54) is 4.68 Å². The van der Waals surface area contributed by atoms with Crippen LogP contribution < -0.4 is 4.74 Å². The van der Waals surface area contributed by atoms with Crippen molar-refractivity contribution in [1.29, 1.82) is 0 Å². The minimum Gasteiger partial charge on any atom is -0.463 e. The van der Waals surface area contributed by atoms with Crippen LogP contribution in [0.3, 0.4) is 0 Å². The highest BCUT2D eigenvalue weighted by atomic mass is 35.5. The molecule has 1 aliphatic rings. The van der Waals surface area contributed by atoms with Gasteiger partial charge in [0.2, 0.25) is 5.28 Å². The highest BCUT2D eigenvalue weighted by molar-refractivity contribution is 6.28. The molecule has 0 aromatic carbocycles. The fourth-order valence-corrected chi connectivity index (χ4v) is 2.44. The van der Waals surface area contributed by atoms with Crippen molar-refractivity contribution < 1.29 is 4.74 Å². The second-order valence-corrected chi connectivity index (χ2v) is 5.47. The molecule has 110 valence electrons. The molecule has 0 saturated heterocycles. The lowest BCUT2D eigenvalue weighted by Gasteiger charge is -2.24. The summed E-state index contributed by atoms with van der Waals surface area (Å²) in [6.45, 7) is 2.80. The molecule has 0 amide bonds. The maximum atomic E-state index is 5.92. The topological polar surface area (TPSA) is 65.7 Å². The first-order valence-electron chi connectivity index (χ1n) is 6.92. The number of ether oxygens (including phenoxy) is 1. The molecule has 6 nitrogen and oxygen atoms in total. The van der Waals surface area contributed by atoms with Crippen LogP contribution in [0.4, 0.5) is 0 Å². The number of hydrogen-bond acceptors (Lipinski definition) is 5. The number of nitrogens with zero attached hydrogens (tertiary/aromatic N) is 5. The predicted molar refractivity (Wildman–Crippen MR) is 78.5 cm³/mol. The highest BCUT2D eigenvalue weighted by Gasteiger charge is 2.19. The quantitative estimate of drug-likeness (QED) is 0.813. The normalized spacial score (nSPS) is 21.4. The summed E-state index contributed by atoms with van der Waals surface area (Å²) in [7, 11) is 0. The van der Waals surface area contributed by atoms with Gasteiger partial charge >= 0.3 is 6.01 Å². The van der Waals surface area contributed by atoms with Gasteiger partial charge in [0.1, 0.15) is 0 Å². The van der Waals surface area contributed by atoms with E-state index in [4.69, 9.17) is 16.3 Å². The lowest BCUT2D eigenvalue weighted by molar-refractivity contribution is 0.186. The van der Waals surface area contributed by atoms with E-state index >= 15 is 0 Å². The van der Waals surface area contributed by atoms with Gasteiger partial charge in [-0.2, -0.15) is 20.1 Å². The zero-order valence-electron chi connectivity index (χ0n) is 11.7. The Balaban J connectivity index is 1.72. The molecule has 0 aliphatic heterocycles. The maximum Gasteiger partial charge on any atom is 0.322 e. The molecule has 0 spiro atoms. The Hall–Kier alpha value is -1.95. The van der Waals surface area contributed by atoms with Crippen LogP contribution in [-0.4, -0.2) is 31.3 Å². The summed E-state index contributed by atoms with van der Waals surface area (Å²) < 4.78 is 7.23. The van der Waals surface area contributed by atoms with E-state index in [-0.39, 0.29) is 11.3 Å². The average molecular weight is 306 g/mol. The Kier molecular flexibility index (Phi) is 4.15. The van der Waals surface area contributed by atoms with Crippen molar-refractivity contribution in [3.05, 3.63) is 35.9 Å². The molecule has 0 bridgehead atoms. The van der Waals surface area contributed by atoms with Gasteiger partial charge in [0.25, 0.3) is 5.95 Å². The fraction of sp³-hybridized carbons (Fsp3) is 0.429. The van der Waals surface area contributed by atoms with Crippen molar-refractivity contribution in [1.82, 2.24) is 24.7 Å². The number of allylic oxidation sites excluding steroid dienone is 2. The fourth-order valence-electron chi connectivity index (χ4n) is 2.30. The molecule has 2 aromatic rings. The molecule has 2 atom stereocenters. The minimum atomic E-state index is 0.0992. The van der Waals surface area contributed by atoms with E-state index in [2.05, 4.69) is 39.1 Å². The summed E-state index contributed by atoms with van der Waals surface area (Å²) >= 11 is 5.92. The van der Waals surface area contributed by atoms with Gasteiger partial charge in [-0.25, -0.2) is 4.68 Å². The third-order valence-electron chi connectivity index (χ3n) is 3.63. The second-order valence-electron chi connectivity index (χ2n) is 5.13. The van der Waals surface area contributed by atoms with Crippen molar-refractivity contribution in [3.8, 4) is 12.0 Å². The lowest BCUT2D eigenvalue weighted by atomic mass is 9.85. The van der Waals surface area contributed by atoms with Gasteiger partial charge < -0.3 is 4.74 Å². The molecule has 0 radical (unpaired) electrons. The Morgan fingerprint density at radius 3 is 2.90 bits per heavy atom. The SMILES string of the molecule is CC1CC=CCC1COc1nc(Cl)nc(-n2cccn2)n1. The molecule has 2 unspecified atom stereocenters. The standard InChI is InChI=1S/C14H16ClN5O/c1-10-5-2-3-6-11(10)9-21-14-18-12(15)17-13(19-14)20-8-4-7-16-20/h2-4,7-8,10-11H,5-6,9H2,1H3. The first-order valence-corrected chi connectivity index (χ1v) is 7.29. The van der Waals surface area contributed by atoms with E-state index in [9.17, 15) is 0 Å². The number of aromatic nitrogens is 5. The smallest absolute Gasteiger partial charge is 0.322 e. The number of hydrogen-bond donors (Lipinski definition) is 0. The van der Waals surface area contributed by atoms with Crippen LogP contribution in [0.5, 0.6) is 6.01 Å². The molecular weight excluding hydrogens is 290 g/mol. The first kappa shape index (κ1) is 14.0. The highest BCUT2D eigenvalue weighted by Crippen LogP contribution is 2.25.